The Morgan fingerprint density at radius 1 is 1.00 bits per heavy atom. The minimum Gasteiger partial charge on any atom is -0.503 e. The molecule has 1 aliphatic heterocycles. The highest BCUT2D eigenvalue weighted by molar-refractivity contribution is 6.08. The Hall–Kier alpha value is -3.86. The van der Waals surface area contributed by atoms with E-state index in [1.165, 1.54) is 17.0 Å². The summed E-state index contributed by atoms with van der Waals surface area (Å²) in [6, 6.07) is 22.3. The molecule has 1 unspecified atom stereocenters. The van der Waals surface area contributed by atoms with Crippen LogP contribution in [-0.4, -0.2) is 18.1 Å². The van der Waals surface area contributed by atoms with Crippen LogP contribution in [0.2, 0.25) is 0 Å². The number of carbonyl (C=O) groups is 1. The van der Waals surface area contributed by atoms with Gasteiger partial charge < -0.3 is 9.84 Å². The van der Waals surface area contributed by atoms with Crippen LogP contribution in [0.15, 0.2) is 96.3 Å². The third-order valence-corrected chi connectivity index (χ3v) is 5.30. The molecule has 5 heteroatoms. The topological polar surface area (TPSA) is 49.8 Å². The van der Waals surface area contributed by atoms with Crippen molar-refractivity contribution in [3.8, 4) is 5.75 Å². The molecule has 0 aliphatic carbocycles. The Morgan fingerprint density at radius 2 is 1.68 bits per heavy atom. The molecule has 0 spiro atoms. The molecule has 4 rings (SSSR count). The van der Waals surface area contributed by atoms with Crippen molar-refractivity contribution in [2.75, 3.05) is 12.0 Å². The van der Waals surface area contributed by atoms with E-state index in [-0.39, 0.29) is 11.6 Å². The summed E-state index contributed by atoms with van der Waals surface area (Å²) in [6.45, 7) is 0. The third kappa shape index (κ3) is 4.21. The van der Waals surface area contributed by atoms with Gasteiger partial charge in [-0.1, -0.05) is 54.6 Å². The number of allylic oxidation sites excluding steroid dienone is 1. The van der Waals surface area contributed by atoms with Gasteiger partial charge in [-0.05, 0) is 53.9 Å². The second-order valence-electron chi connectivity index (χ2n) is 7.22. The Labute approximate surface area is 180 Å². The van der Waals surface area contributed by atoms with E-state index in [1.54, 1.807) is 43.5 Å². The normalized spacial score (nSPS) is 16.4. The van der Waals surface area contributed by atoms with E-state index in [0.29, 0.717) is 23.4 Å². The molecule has 1 aliphatic rings. The Kier molecular flexibility index (Phi) is 5.85. The number of carbonyl (C=O) groups excluding carboxylic acids is 1. The fourth-order valence-electron chi connectivity index (χ4n) is 3.75. The number of hydrogen-bond acceptors (Lipinski definition) is 3. The summed E-state index contributed by atoms with van der Waals surface area (Å²) >= 11 is 0. The molecule has 0 saturated carbocycles. The lowest BCUT2D eigenvalue weighted by Crippen LogP contribution is -2.30. The summed E-state index contributed by atoms with van der Waals surface area (Å²) in [4.78, 5) is 14.6. The number of methoxy groups -OCH3 is 1. The van der Waals surface area contributed by atoms with Crippen LogP contribution in [-0.2, 0) is 4.79 Å². The number of nitrogens with zero attached hydrogens (tertiary/aromatic N) is 1. The zero-order valence-electron chi connectivity index (χ0n) is 17.0. The van der Waals surface area contributed by atoms with Crippen molar-refractivity contribution in [3.05, 3.63) is 113 Å². The first-order valence-corrected chi connectivity index (χ1v) is 9.95. The standard InChI is InChI=1S/C26H22FNO3/c1-31-22-16-14-21(15-17-22)28-24(19-10-12-20(27)13-11-19)23(25(29)26(28)30)9-5-8-18-6-3-2-4-7-18/h2-8,10-17,24,29H,9H2,1H3. The molecule has 4 nitrogen and oxygen atoms in total. The maximum absolute atomic E-state index is 13.6. The summed E-state index contributed by atoms with van der Waals surface area (Å²) in [5.41, 5.74) is 2.93. The monoisotopic (exact) mass is 415 g/mol. The van der Waals surface area contributed by atoms with E-state index in [9.17, 15) is 14.3 Å². The van der Waals surface area contributed by atoms with Crippen molar-refractivity contribution in [2.24, 2.45) is 0 Å². The molecule has 0 saturated heterocycles. The molecule has 0 bridgehead atoms. The van der Waals surface area contributed by atoms with Crippen molar-refractivity contribution in [1.82, 2.24) is 0 Å². The maximum atomic E-state index is 13.6. The van der Waals surface area contributed by atoms with E-state index in [0.717, 1.165) is 11.1 Å². The summed E-state index contributed by atoms with van der Waals surface area (Å²) in [5.74, 6) is -0.454. The first-order chi connectivity index (χ1) is 15.1. The number of rotatable bonds is 6. The largest absolute Gasteiger partial charge is 0.503 e. The highest BCUT2D eigenvalue weighted by Gasteiger charge is 2.40. The highest BCUT2D eigenvalue weighted by atomic mass is 19.1. The lowest BCUT2D eigenvalue weighted by atomic mass is 9.96. The summed E-state index contributed by atoms with van der Waals surface area (Å²) in [7, 11) is 1.57. The average Bonchev–Trinajstić information content (AvgIpc) is 3.05. The molecule has 156 valence electrons. The van der Waals surface area contributed by atoms with Crippen molar-refractivity contribution >= 4 is 17.7 Å². The fraction of sp³-hybridized carbons (Fsp3) is 0.115. The number of benzene rings is 3. The third-order valence-electron chi connectivity index (χ3n) is 5.30. The Morgan fingerprint density at radius 3 is 2.32 bits per heavy atom. The van der Waals surface area contributed by atoms with Crippen LogP contribution in [0.3, 0.4) is 0 Å². The Bertz CT molecular complexity index is 1120. The molecule has 0 aromatic heterocycles. The van der Waals surface area contributed by atoms with Gasteiger partial charge in [-0.2, -0.15) is 0 Å². The summed E-state index contributed by atoms with van der Waals surface area (Å²) in [6.07, 6.45) is 4.24. The van der Waals surface area contributed by atoms with Gasteiger partial charge in [0, 0.05) is 11.3 Å². The number of amides is 1. The first kappa shape index (κ1) is 20.4. The van der Waals surface area contributed by atoms with E-state index >= 15 is 0 Å². The van der Waals surface area contributed by atoms with Crippen LogP contribution in [0.4, 0.5) is 10.1 Å². The van der Waals surface area contributed by atoms with Crippen molar-refractivity contribution in [1.29, 1.82) is 0 Å². The van der Waals surface area contributed by atoms with E-state index < -0.39 is 11.9 Å². The van der Waals surface area contributed by atoms with Gasteiger partial charge in [0.15, 0.2) is 5.76 Å². The van der Waals surface area contributed by atoms with Crippen molar-refractivity contribution in [3.63, 3.8) is 0 Å². The first-order valence-electron chi connectivity index (χ1n) is 9.95. The molecule has 3 aromatic rings. The van der Waals surface area contributed by atoms with Crippen LogP contribution in [0.1, 0.15) is 23.6 Å². The van der Waals surface area contributed by atoms with Gasteiger partial charge in [-0.15, -0.1) is 0 Å². The van der Waals surface area contributed by atoms with E-state index in [4.69, 9.17) is 4.74 Å². The van der Waals surface area contributed by atoms with Crippen LogP contribution < -0.4 is 9.64 Å². The van der Waals surface area contributed by atoms with Crippen LogP contribution in [0, 0.1) is 5.82 Å². The smallest absolute Gasteiger partial charge is 0.293 e. The minimum atomic E-state index is -0.540. The molecule has 3 aromatic carbocycles. The molecule has 1 amide bonds. The van der Waals surface area contributed by atoms with E-state index in [1.807, 2.05) is 42.5 Å². The van der Waals surface area contributed by atoms with E-state index in [2.05, 4.69) is 0 Å². The molecular weight excluding hydrogens is 393 g/mol. The second-order valence-corrected chi connectivity index (χ2v) is 7.22. The molecule has 1 heterocycles. The van der Waals surface area contributed by atoms with Crippen LogP contribution >= 0.6 is 0 Å². The summed E-state index contributed by atoms with van der Waals surface area (Å²) < 4.78 is 18.8. The quantitative estimate of drug-likeness (QED) is 0.550. The van der Waals surface area contributed by atoms with Crippen molar-refractivity contribution in [2.45, 2.75) is 12.5 Å². The number of halogens is 1. The van der Waals surface area contributed by atoms with Gasteiger partial charge in [0.2, 0.25) is 0 Å². The van der Waals surface area contributed by atoms with Gasteiger partial charge in [0.25, 0.3) is 5.91 Å². The predicted molar refractivity (Wildman–Crippen MR) is 119 cm³/mol. The fourth-order valence-corrected chi connectivity index (χ4v) is 3.75. The SMILES string of the molecule is COc1ccc(N2C(=O)C(O)=C(CC=Cc3ccccc3)C2c2ccc(F)cc2)cc1. The molecule has 1 N–H and O–H groups in total. The lowest BCUT2D eigenvalue weighted by Gasteiger charge is -2.27. The van der Waals surface area contributed by atoms with Gasteiger partial charge in [0.05, 0.1) is 13.2 Å². The zero-order valence-corrected chi connectivity index (χ0v) is 17.0. The number of aliphatic hydroxyl groups excluding tert-OH is 1. The predicted octanol–water partition coefficient (Wildman–Crippen LogP) is 5.84. The number of hydrogen-bond donors (Lipinski definition) is 1. The number of aliphatic hydroxyl groups is 1. The molecule has 31 heavy (non-hydrogen) atoms. The average molecular weight is 415 g/mol. The zero-order chi connectivity index (χ0) is 21.8. The van der Waals surface area contributed by atoms with Crippen molar-refractivity contribution < 1.29 is 19.0 Å². The van der Waals surface area contributed by atoms with Crippen LogP contribution in [0.5, 0.6) is 5.75 Å². The van der Waals surface area contributed by atoms with Gasteiger partial charge in [-0.3, -0.25) is 9.69 Å². The molecule has 0 fully saturated rings. The molecule has 1 atom stereocenters. The second kappa shape index (κ2) is 8.88. The minimum absolute atomic E-state index is 0.275. The number of anilines is 1. The Balaban J connectivity index is 1.71. The van der Waals surface area contributed by atoms with Crippen LogP contribution in [0.25, 0.3) is 6.08 Å². The molecule has 0 radical (unpaired) electrons. The molecular formula is C26H22FNO3. The van der Waals surface area contributed by atoms with Gasteiger partial charge >= 0.3 is 0 Å². The summed E-state index contributed by atoms with van der Waals surface area (Å²) in [5, 5.41) is 10.7. The maximum Gasteiger partial charge on any atom is 0.293 e. The van der Waals surface area contributed by atoms with Gasteiger partial charge in [-0.25, -0.2) is 4.39 Å². The highest BCUT2D eigenvalue weighted by Crippen LogP contribution is 2.42. The number of ether oxygens (including phenoxy) is 1. The van der Waals surface area contributed by atoms with Gasteiger partial charge in [0.1, 0.15) is 11.6 Å². The lowest BCUT2D eigenvalue weighted by molar-refractivity contribution is -0.117.